The van der Waals surface area contributed by atoms with Gasteiger partial charge in [-0.2, -0.15) is 8.78 Å². The van der Waals surface area contributed by atoms with Gasteiger partial charge in [0.2, 0.25) is 5.83 Å². The van der Waals surface area contributed by atoms with Crippen LogP contribution in [0.2, 0.25) is 0 Å². The lowest BCUT2D eigenvalue weighted by Crippen LogP contribution is -2.59. The van der Waals surface area contributed by atoms with Crippen LogP contribution in [0.4, 0.5) is 30.7 Å². The van der Waals surface area contributed by atoms with E-state index in [0.717, 1.165) is 0 Å². The summed E-state index contributed by atoms with van der Waals surface area (Å²) in [5.74, 6) is -10.5. The summed E-state index contributed by atoms with van der Waals surface area (Å²) in [7, 11) is 0. The van der Waals surface area contributed by atoms with Crippen molar-refractivity contribution in [1.29, 1.82) is 0 Å². The van der Waals surface area contributed by atoms with Crippen LogP contribution in [0.15, 0.2) is 11.7 Å². The normalized spacial score (nSPS) is 34.0. The average Bonchev–Trinajstić information content (AvgIpc) is 1.99. The van der Waals surface area contributed by atoms with Gasteiger partial charge in [-0.25, -0.2) is 22.0 Å². The maximum Gasteiger partial charge on any atom is 0.347 e. The van der Waals surface area contributed by atoms with Crippen LogP contribution in [0, 0.1) is 0 Å². The predicted octanol–water partition coefficient (Wildman–Crippen LogP) is 2.76. The largest absolute Gasteiger partial charge is 0.347 e. The van der Waals surface area contributed by atoms with Gasteiger partial charge >= 0.3 is 5.92 Å². The molecule has 0 nitrogen and oxygen atoms in total. The first kappa shape index (κ1) is 9.34. The van der Waals surface area contributed by atoms with Crippen LogP contribution >= 0.6 is 0 Å². The Morgan fingerprint density at radius 3 is 1.50 bits per heavy atom. The second-order valence-electron chi connectivity index (χ2n) is 2.21. The second-order valence-corrected chi connectivity index (χ2v) is 2.21. The second kappa shape index (κ2) is 2.14. The molecule has 0 amide bonds. The van der Waals surface area contributed by atoms with E-state index in [0.29, 0.717) is 0 Å². The molecule has 0 N–H and O–H groups in total. The topological polar surface area (TPSA) is 0 Å². The first-order valence-electron chi connectivity index (χ1n) is 2.67. The Kier molecular flexibility index (Phi) is 1.66. The van der Waals surface area contributed by atoms with E-state index in [4.69, 9.17) is 0 Å². The standard InChI is InChI=1S/C5HF7/c6-1-2(7)5(11,12)4(1,10)3(8)9/h3H. The molecule has 0 aromatic heterocycles. The molecule has 0 aromatic rings. The van der Waals surface area contributed by atoms with Crippen molar-refractivity contribution >= 4 is 0 Å². The number of allylic oxidation sites excluding steroid dienone is 2. The fourth-order valence-electron chi connectivity index (χ4n) is 0.765. The minimum absolute atomic E-state index is 2.72. The zero-order valence-electron chi connectivity index (χ0n) is 5.22. The Morgan fingerprint density at radius 1 is 0.917 bits per heavy atom. The van der Waals surface area contributed by atoms with Crippen LogP contribution in [0.25, 0.3) is 0 Å². The molecule has 0 fully saturated rings. The van der Waals surface area contributed by atoms with E-state index in [-0.39, 0.29) is 0 Å². The molecule has 1 aliphatic carbocycles. The van der Waals surface area contributed by atoms with Gasteiger partial charge in [0.05, 0.1) is 0 Å². The van der Waals surface area contributed by atoms with Crippen LogP contribution in [0.1, 0.15) is 0 Å². The summed E-state index contributed by atoms with van der Waals surface area (Å²) in [6.45, 7) is 0. The zero-order chi connectivity index (χ0) is 9.73. The third-order valence-electron chi connectivity index (χ3n) is 1.55. The monoisotopic (exact) mass is 194 g/mol. The highest BCUT2D eigenvalue weighted by Crippen LogP contribution is 2.58. The first-order chi connectivity index (χ1) is 5.26. The number of halogens is 7. The van der Waals surface area contributed by atoms with Crippen LogP contribution < -0.4 is 0 Å². The van der Waals surface area contributed by atoms with Gasteiger partial charge in [-0.05, 0) is 0 Å². The van der Waals surface area contributed by atoms with Crippen LogP contribution in [-0.2, 0) is 0 Å². The summed E-state index contributed by atoms with van der Waals surface area (Å²) >= 11 is 0. The van der Waals surface area contributed by atoms with E-state index in [9.17, 15) is 30.7 Å². The van der Waals surface area contributed by atoms with Gasteiger partial charge in [0.1, 0.15) is 0 Å². The highest BCUT2D eigenvalue weighted by atomic mass is 19.3. The number of hydrogen-bond donors (Lipinski definition) is 0. The van der Waals surface area contributed by atoms with Crippen molar-refractivity contribution in [2.24, 2.45) is 0 Å². The third-order valence-corrected chi connectivity index (χ3v) is 1.55. The Bertz CT molecular complexity index is 242. The van der Waals surface area contributed by atoms with Crippen molar-refractivity contribution < 1.29 is 30.7 Å². The van der Waals surface area contributed by atoms with E-state index in [1.165, 1.54) is 0 Å². The SMILES string of the molecule is FC1=C(F)C(F)(C(F)F)C1(F)F. The first-order valence-corrected chi connectivity index (χ1v) is 2.67. The lowest BCUT2D eigenvalue weighted by Gasteiger charge is -2.37. The molecule has 70 valence electrons. The summed E-state index contributed by atoms with van der Waals surface area (Å²) in [6.07, 6.45) is -4.29. The molecule has 0 saturated carbocycles. The summed E-state index contributed by atoms with van der Waals surface area (Å²) in [6, 6.07) is 0. The van der Waals surface area contributed by atoms with Crippen LogP contribution in [0.5, 0.6) is 0 Å². The molecule has 0 spiro atoms. The van der Waals surface area contributed by atoms with Crippen molar-refractivity contribution in [3.63, 3.8) is 0 Å². The molecular formula is C5HF7. The van der Waals surface area contributed by atoms with Gasteiger partial charge in [0, 0.05) is 0 Å². The van der Waals surface area contributed by atoms with Crippen molar-refractivity contribution in [1.82, 2.24) is 0 Å². The van der Waals surface area contributed by atoms with Gasteiger partial charge in [0.15, 0.2) is 5.83 Å². The average molecular weight is 194 g/mol. The zero-order valence-corrected chi connectivity index (χ0v) is 5.22. The maximum absolute atomic E-state index is 12.3. The Hall–Kier alpha value is -0.750. The highest BCUT2D eigenvalue weighted by molar-refractivity contribution is 5.39. The fourth-order valence-corrected chi connectivity index (χ4v) is 0.765. The van der Waals surface area contributed by atoms with Crippen molar-refractivity contribution in [3.8, 4) is 0 Å². The molecule has 0 saturated heterocycles. The Balaban J connectivity index is 3.14. The van der Waals surface area contributed by atoms with E-state index < -0.39 is 29.7 Å². The minimum Gasteiger partial charge on any atom is -0.222 e. The lowest BCUT2D eigenvalue weighted by molar-refractivity contribution is -0.205. The molecule has 0 heterocycles. The molecule has 1 aliphatic rings. The Morgan fingerprint density at radius 2 is 1.33 bits per heavy atom. The van der Waals surface area contributed by atoms with Crippen LogP contribution in [0.3, 0.4) is 0 Å². The number of alkyl halides is 5. The molecule has 0 bridgehead atoms. The molecule has 12 heavy (non-hydrogen) atoms. The summed E-state index contributed by atoms with van der Waals surface area (Å²) in [5, 5.41) is 0. The third kappa shape index (κ3) is 0.688. The lowest BCUT2D eigenvalue weighted by atomic mass is 9.84. The number of hydrogen-bond acceptors (Lipinski definition) is 0. The quantitative estimate of drug-likeness (QED) is 0.563. The van der Waals surface area contributed by atoms with E-state index in [2.05, 4.69) is 0 Å². The molecule has 0 radical (unpaired) electrons. The van der Waals surface area contributed by atoms with Crippen LogP contribution in [-0.4, -0.2) is 18.0 Å². The predicted molar refractivity (Wildman–Crippen MR) is 24.0 cm³/mol. The van der Waals surface area contributed by atoms with Gasteiger partial charge < -0.3 is 0 Å². The van der Waals surface area contributed by atoms with Gasteiger partial charge in [-0.1, -0.05) is 0 Å². The van der Waals surface area contributed by atoms with E-state index >= 15 is 0 Å². The number of rotatable bonds is 1. The van der Waals surface area contributed by atoms with Gasteiger partial charge in [-0.3, -0.25) is 0 Å². The molecular weight excluding hydrogens is 193 g/mol. The van der Waals surface area contributed by atoms with Crippen molar-refractivity contribution in [3.05, 3.63) is 11.7 Å². The maximum atomic E-state index is 12.3. The summed E-state index contributed by atoms with van der Waals surface area (Å²) in [4.78, 5) is 0. The van der Waals surface area contributed by atoms with Crippen molar-refractivity contribution in [2.75, 3.05) is 0 Å². The molecule has 1 unspecified atom stereocenters. The molecule has 1 atom stereocenters. The van der Waals surface area contributed by atoms with Gasteiger partial charge in [0.25, 0.3) is 12.1 Å². The molecule has 0 aromatic carbocycles. The highest BCUT2D eigenvalue weighted by Gasteiger charge is 2.77. The Labute approximate surface area is 61.7 Å². The molecule has 0 aliphatic heterocycles. The molecule has 7 heteroatoms. The van der Waals surface area contributed by atoms with E-state index in [1.807, 2.05) is 0 Å². The van der Waals surface area contributed by atoms with Gasteiger partial charge in [-0.15, -0.1) is 0 Å². The smallest absolute Gasteiger partial charge is 0.222 e. The minimum atomic E-state index is -5.05. The summed E-state index contributed by atoms with van der Waals surface area (Å²) < 4.78 is 82.8. The summed E-state index contributed by atoms with van der Waals surface area (Å²) in [5.41, 5.74) is -4.78. The molecule has 1 rings (SSSR count). The van der Waals surface area contributed by atoms with E-state index in [1.54, 1.807) is 0 Å². The fraction of sp³-hybridized carbons (Fsp3) is 0.600. The van der Waals surface area contributed by atoms with Crippen molar-refractivity contribution in [2.45, 2.75) is 18.0 Å².